The van der Waals surface area contributed by atoms with Gasteiger partial charge >= 0.3 is 0 Å². The molecule has 3 aromatic rings. The number of benzene rings is 1. The molecule has 5 nitrogen and oxygen atoms in total. The number of hydrogen-bond donors (Lipinski definition) is 2. The highest BCUT2D eigenvalue weighted by Crippen LogP contribution is 2.23. The molecular weight excluding hydrogens is 288 g/mol. The summed E-state index contributed by atoms with van der Waals surface area (Å²) in [5.74, 6) is -0.340. The predicted molar refractivity (Wildman–Crippen MR) is 83.4 cm³/mol. The van der Waals surface area contributed by atoms with Crippen LogP contribution in [0, 0.1) is 0 Å². The van der Waals surface area contributed by atoms with E-state index >= 15 is 0 Å². The van der Waals surface area contributed by atoms with Crippen molar-refractivity contribution in [2.45, 2.75) is 0 Å². The summed E-state index contributed by atoms with van der Waals surface area (Å²) in [5, 5.41) is 4.88. The molecule has 2 aromatic heterocycles. The smallest absolute Gasteiger partial charge is 0.257 e. The number of pyridine rings is 2. The summed E-state index contributed by atoms with van der Waals surface area (Å²) in [4.78, 5) is 20.2. The Balaban J connectivity index is 1.99. The van der Waals surface area contributed by atoms with Crippen LogP contribution < -0.4 is 11.1 Å². The van der Waals surface area contributed by atoms with Crippen LogP contribution in [0.4, 0.5) is 11.4 Å². The molecule has 1 amide bonds. The first-order chi connectivity index (χ1) is 10.1. The quantitative estimate of drug-likeness (QED) is 0.712. The van der Waals surface area contributed by atoms with Crippen molar-refractivity contribution in [3.8, 4) is 0 Å². The number of hydrogen-bond acceptors (Lipinski definition) is 4. The van der Waals surface area contributed by atoms with E-state index < -0.39 is 0 Å². The SMILES string of the molecule is Nc1cnc(Cl)cc1C(=O)Nc1cccc2ccncc12. The minimum Gasteiger partial charge on any atom is -0.397 e. The molecule has 0 fully saturated rings. The lowest BCUT2D eigenvalue weighted by Crippen LogP contribution is -2.14. The molecule has 21 heavy (non-hydrogen) atoms. The van der Waals surface area contributed by atoms with Gasteiger partial charge in [-0.3, -0.25) is 9.78 Å². The molecule has 1 aromatic carbocycles. The van der Waals surface area contributed by atoms with Gasteiger partial charge in [-0.25, -0.2) is 4.98 Å². The summed E-state index contributed by atoms with van der Waals surface area (Å²) in [6.45, 7) is 0. The maximum Gasteiger partial charge on any atom is 0.257 e. The van der Waals surface area contributed by atoms with Gasteiger partial charge in [-0.15, -0.1) is 0 Å². The van der Waals surface area contributed by atoms with Gasteiger partial charge in [-0.1, -0.05) is 23.7 Å². The van der Waals surface area contributed by atoms with Gasteiger partial charge in [0.25, 0.3) is 5.91 Å². The van der Waals surface area contributed by atoms with Crippen LogP contribution in [0.25, 0.3) is 10.8 Å². The van der Waals surface area contributed by atoms with Crippen LogP contribution >= 0.6 is 11.6 Å². The first-order valence-corrected chi connectivity index (χ1v) is 6.58. The fraction of sp³-hybridized carbons (Fsp3) is 0. The molecule has 0 aliphatic heterocycles. The molecule has 3 N–H and O–H groups in total. The molecule has 0 bridgehead atoms. The Morgan fingerprint density at radius 2 is 2.10 bits per heavy atom. The van der Waals surface area contributed by atoms with Crippen molar-refractivity contribution in [1.29, 1.82) is 0 Å². The fourth-order valence-corrected chi connectivity index (χ4v) is 2.21. The lowest BCUT2D eigenvalue weighted by Gasteiger charge is -2.10. The van der Waals surface area contributed by atoms with E-state index in [1.807, 2.05) is 18.2 Å². The summed E-state index contributed by atoms with van der Waals surface area (Å²) in [5.41, 5.74) is 6.99. The van der Waals surface area contributed by atoms with E-state index in [1.165, 1.54) is 12.3 Å². The maximum atomic E-state index is 12.3. The van der Waals surface area contributed by atoms with Crippen LogP contribution in [0.3, 0.4) is 0 Å². The number of nitrogens with zero attached hydrogens (tertiary/aromatic N) is 2. The zero-order chi connectivity index (χ0) is 14.8. The molecule has 0 unspecified atom stereocenters. The normalized spacial score (nSPS) is 10.5. The Bertz CT molecular complexity index is 830. The first-order valence-electron chi connectivity index (χ1n) is 6.20. The average molecular weight is 299 g/mol. The molecule has 0 saturated carbocycles. The molecular formula is C15H11ClN4O. The number of amides is 1. The zero-order valence-corrected chi connectivity index (χ0v) is 11.6. The number of fused-ring (bicyclic) bond motifs is 1. The van der Waals surface area contributed by atoms with Crippen molar-refractivity contribution < 1.29 is 4.79 Å². The topological polar surface area (TPSA) is 80.9 Å². The van der Waals surface area contributed by atoms with E-state index in [0.717, 1.165) is 10.8 Å². The van der Waals surface area contributed by atoms with Gasteiger partial charge in [0.05, 0.1) is 23.1 Å². The van der Waals surface area contributed by atoms with E-state index in [1.54, 1.807) is 18.5 Å². The number of nitrogen functional groups attached to an aromatic ring is 1. The van der Waals surface area contributed by atoms with Gasteiger partial charge in [0.15, 0.2) is 0 Å². The number of rotatable bonds is 2. The first kappa shape index (κ1) is 13.3. The third kappa shape index (κ3) is 2.64. The molecule has 0 radical (unpaired) electrons. The number of carbonyl (C=O) groups excluding carboxylic acids is 1. The minimum absolute atomic E-state index is 0.217. The largest absolute Gasteiger partial charge is 0.397 e. The van der Waals surface area contributed by atoms with Gasteiger partial charge in [-0.05, 0) is 23.6 Å². The van der Waals surface area contributed by atoms with Crippen molar-refractivity contribution in [2.75, 3.05) is 11.1 Å². The van der Waals surface area contributed by atoms with Crippen molar-refractivity contribution in [3.63, 3.8) is 0 Å². The number of nitrogens with two attached hydrogens (primary N) is 1. The predicted octanol–water partition coefficient (Wildman–Crippen LogP) is 3.12. The van der Waals surface area contributed by atoms with Crippen LogP contribution in [0.1, 0.15) is 10.4 Å². The fourth-order valence-electron chi connectivity index (χ4n) is 2.05. The highest BCUT2D eigenvalue weighted by atomic mass is 35.5. The second-order valence-corrected chi connectivity index (χ2v) is 4.84. The van der Waals surface area contributed by atoms with Crippen molar-refractivity contribution in [3.05, 3.63) is 59.6 Å². The number of carbonyl (C=O) groups is 1. The third-order valence-corrected chi connectivity index (χ3v) is 3.28. The molecule has 6 heteroatoms. The maximum absolute atomic E-state index is 12.3. The van der Waals surface area contributed by atoms with Crippen LogP contribution in [-0.4, -0.2) is 15.9 Å². The van der Waals surface area contributed by atoms with Crippen LogP contribution in [0.2, 0.25) is 5.15 Å². The molecule has 0 spiro atoms. The Morgan fingerprint density at radius 1 is 1.24 bits per heavy atom. The van der Waals surface area contributed by atoms with Gasteiger partial charge in [0.1, 0.15) is 5.15 Å². The van der Waals surface area contributed by atoms with Crippen LogP contribution in [0.5, 0.6) is 0 Å². The lowest BCUT2D eigenvalue weighted by molar-refractivity contribution is 0.102. The highest BCUT2D eigenvalue weighted by Gasteiger charge is 2.12. The van der Waals surface area contributed by atoms with Gasteiger partial charge in [0, 0.05) is 17.8 Å². The number of anilines is 2. The van der Waals surface area contributed by atoms with Gasteiger partial charge < -0.3 is 11.1 Å². The Labute approximate surface area is 125 Å². The van der Waals surface area contributed by atoms with Gasteiger partial charge in [0.2, 0.25) is 0 Å². The standard InChI is InChI=1S/C15H11ClN4O/c16-14-6-10(12(17)8-19-14)15(21)20-13-3-1-2-9-4-5-18-7-11(9)13/h1-8H,17H2,(H,20,21). The van der Waals surface area contributed by atoms with Crippen LogP contribution in [-0.2, 0) is 0 Å². The second kappa shape index (κ2) is 5.38. The summed E-state index contributed by atoms with van der Waals surface area (Å²) in [6, 6.07) is 8.93. The average Bonchev–Trinajstić information content (AvgIpc) is 2.50. The monoisotopic (exact) mass is 298 g/mol. The molecule has 0 saturated heterocycles. The van der Waals surface area contributed by atoms with E-state index in [4.69, 9.17) is 17.3 Å². The Hall–Kier alpha value is -2.66. The molecule has 3 rings (SSSR count). The number of aromatic nitrogens is 2. The van der Waals surface area contributed by atoms with E-state index in [-0.39, 0.29) is 22.3 Å². The van der Waals surface area contributed by atoms with E-state index in [0.29, 0.717) is 5.69 Å². The lowest BCUT2D eigenvalue weighted by atomic mass is 10.1. The summed E-state index contributed by atoms with van der Waals surface area (Å²) >= 11 is 5.80. The number of halogens is 1. The molecule has 104 valence electrons. The summed E-state index contributed by atoms with van der Waals surface area (Å²) in [7, 11) is 0. The molecule has 0 aliphatic rings. The number of nitrogens with one attached hydrogen (secondary N) is 1. The molecule has 0 atom stereocenters. The Morgan fingerprint density at radius 3 is 2.95 bits per heavy atom. The second-order valence-electron chi connectivity index (χ2n) is 4.45. The summed E-state index contributed by atoms with van der Waals surface area (Å²) in [6.07, 6.45) is 4.77. The van der Waals surface area contributed by atoms with Crippen LogP contribution in [0.15, 0.2) is 48.9 Å². The van der Waals surface area contributed by atoms with Crippen molar-refractivity contribution >= 4 is 39.7 Å². The van der Waals surface area contributed by atoms with Crippen molar-refractivity contribution in [2.24, 2.45) is 0 Å². The van der Waals surface area contributed by atoms with Gasteiger partial charge in [-0.2, -0.15) is 0 Å². The van der Waals surface area contributed by atoms with E-state index in [2.05, 4.69) is 15.3 Å². The Kier molecular flexibility index (Phi) is 3.41. The zero-order valence-electron chi connectivity index (χ0n) is 10.9. The molecule has 2 heterocycles. The highest BCUT2D eigenvalue weighted by molar-refractivity contribution is 6.30. The minimum atomic E-state index is -0.340. The van der Waals surface area contributed by atoms with Crippen molar-refractivity contribution in [1.82, 2.24) is 9.97 Å². The summed E-state index contributed by atoms with van der Waals surface area (Å²) < 4.78 is 0. The third-order valence-electron chi connectivity index (χ3n) is 3.08. The molecule has 0 aliphatic carbocycles. The van der Waals surface area contributed by atoms with E-state index in [9.17, 15) is 4.79 Å².